The number of amides is 1. The van der Waals surface area contributed by atoms with Crippen LogP contribution in [0.25, 0.3) is 0 Å². The largest absolute Gasteiger partial charge is 0.273 e. The van der Waals surface area contributed by atoms with Crippen LogP contribution in [0.4, 0.5) is 15.9 Å². The van der Waals surface area contributed by atoms with Gasteiger partial charge in [0.05, 0.1) is 25.9 Å². The van der Waals surface area contributed by atoms with E-state index in [-0.39, 0.29) is 10.9 Å². The molecule has 7 heteroatoms. The van der Waals surface area contributed by atoms with Gasteiger partial charge in [-0.1, -0.05) is 30.5 Å². The van der Waals surface area contributed by atoms with Crippen LogP contribution in [-0.2, 0) is 17.3 Å². The van der Waals surface area contributed by atoms with E-state index in [1.54, 1.807) is 24.0 Å². The summed E-state index contributed by atoms with van der Waals surface area (Å²) >= 11 is 8.12. The number of carbonyl (C=O) groups is 1. The van der Waals surface area contributed by atoms with Crippen molar-refractivity contribution in [3.05, 3.63) is 38.3 Å². The zero-order valence-electron chi connectivity index (χ0n) is 12.4. The molecule has 120 valence electrons. The maximum Gasteiger partial charge on any atom is 0.243 e. The molecule has 1 amide bonds. The zero-order valence-corrected chi connectivity index (χ0v) is 15.4. The SMILES string of the molecule is Cn1ncc(I)c1N1C(=O)C2(CCCC2)c2ccc(Cl)c(F)c21. The first-order chi connectivity index (χ1) is 11.0. The summed E-state index contributed by atoms with van der Waals surface area (Å²) in [6.07, 6.45) is 5.14. The van der Waals surface area contributed by atoms with Crippen molar-refractivity contribution in [2.45, 2.75) is 31.1 Å². The normalized spacial score (nSPS) is 19.0. The van der Waals surface area contributed by atoms with Crippen molar-refractivity contribution in [1.29, 1.82) is 0 Å². The predicted octanol–water partition coefficient (Wildman–Crippen LogP) is 4.31. The number of carbonyl (C=O) groups excluding carboxylic acids is 1. The van der Waals surface area contributed by atoms with E-state index >= 15 is 0 Å². The van der Waals surface area contributed by atoms with Gasteiger partial charge in [-0.2, -0.15) is 5.10 Å². The van der Waals surface area contributed by atoms with Gasteiger partial charge in [0.2, 0.25) is 5.91 Å². The van der Waals surface area contributed by atoms with E-state index in [9.17, 15) is 9.18 Å². The van der Waals surface area contributed by atoms with E-state index in [4.69, 9.17) is 11.6 Å². The molecule has 2 heterocycles. The van der Waals surface area contributed by atoms with Crippen LogP contribution < -0.4 is 4.90 Å². The molecule has 0 bridgehead atoms. The van der Waals surface area contributed by atoms with Gasteiger partial charge in [-0.15, -0.1) is 0 Å². The maximum absolute atomic E-state index is 14.9. The Morgan fingerprint density at radius 2 is 2.04 bits per heavy atom. The molecule has 1 aliphatic heterocycles. The first-order valence-corrected chi connectivity index (χ1v) is 8.93. The quantitative estimate of drug-likeness (QED) is 0.614. The van der Waals surface area contributed by atoms with Crippen LogP contribution in [0.3, 0.4) is 0 Å². The van der Waals surface area contributed by atoms with E-state index in [0.29, 0.717) is 11.5 Å². The Morgan fingerprint density at radius 1 is 1.35 bits per heavy atom. The van der Waals surface area contributed by atoms with Gasteiger partial charge < -0.3 is 0 Å². The predicted molar refractivity (Wildman–Crippen MR) is 94.6 cm³/mol. The lowest BCUT2D eigenvalue weighted by molar-refractivity contribution is -0.122. The third-order valence-electron chi connectivity index (χ3n) is 4.95. The third-order valence-corrected chi connectivity index (χ3v) is 6.01. The average Bonchev–Trinajstić information content (AvgIpc) is 3.19. The molecular formula is C16H14ClFIN3O. The lowest BCUT2D eigenvalue weighted by Gasteiger charge is -2.23. The molecule has 1 aliphatic carbocycles. The first-order valence-electron chi connectivity index (χ1n) is 7.48. The summed E-state index contributed by atoms with van der Waals surface area (Å²) in [7, 11) is 1.76. The summed E-state index contributed by atoms with van der Waals surface area (Å²) in [5.41, 5.74) is 0.443. The van der Waals surface area contributed by atoms with Crippen LogP contribution in [0, 0.1) is 9.39 Å². The third kappa shape index (κ3) is 1.94. The van der Waals surface area contributed by atoms with Gasteiger partial charge in [0.1, 0.15) is 0 Å². The minimum atomic E-state index is -0.617. The molecule has 2 aromatic rings. The number of aromatic nitrogens is 2. The Labute approximate surface area is 151 Å². The lowest BCUT2D eigenvalue weighted by atomic mass is 9.80. The van der Waals surface area contributed by atoms with Crippen molar-refractivity contribution in [3.63, 3.8) is 0 Å². The molecule has 1 saturated carbocycles. The molecule has 0 unspecified atom stereocenters. The minimum absolute atomic E-state index is 0.0359. The standard InChI is InChI=1S/C16H14ClFIN3O/c1-21-14(11(19)8-20-21)22-13-9(4-5-10(17)12(13)18)16(15(22)23)6-2-3-7-16/h4-5,8H,2-3,6-7H2,1H3. The Bertz CT molecular complexity index is 809. The second-order valence-electron chi connectivity index (χ2n) is 6.13. The van der Waals surface area contributed by atoms with E-state index in [0.717, 1.165) is 34.8 Å². The summed E-state index contributed by atoms with van der Waals surface area (Å²) in [4.78, 5) is 14.8. The van der Waals surface area contributed by atoms with Crippen LogP contribution in [0.2, 0.25) is 5.02 Å². The highest BCUT2D eigenvalue weighted by Gasteiger charge is 2.54. The van der Waals surface area contributed by atoms with Crippen LogP contribution >= 0.6 is 34.2 Å². The summed E-state index contributed by atoms with van der Waals surface area (Å²) in [5.74, 6) is 0.00719. The fraction of sp³-hybridized carbons (Fsp3) is 0.375. The monoisotopic (exact) mass is 445 g/mol. The lowest BCUT2D eigenvalue weighted by Crippen LogP contribution is -2.37. The highest BCUT2D eigenvalue weighted by molar-refractivity contribution is 14.1. The van der Waals surface area contributed by atoms with Crippen molar-refractivity contribution < 1.29 is 9.18 Å². The zero-order chi connectivity index (χ0) is 16.4. The highest BCUT2D eigenvalue weighted by Crippen LogP contribution is 2.55. The second-order valence-corrected chi connectivity index (χ2v) is 7.70. The second kappa shape index (κ2) is 5.17. The molecular weight excluding hydrogens is 432 g/mol. The number of hydrogen-bond donors (Lipinski definition) is 0. The van der Waals surface area contributed by atoms with Crippen molar-refractivity contribution >= 4 is 51.6 Å². The summed E-state index contributed by atoms with van der Waals surface area (Å²) in [6, 6.07) is 3.37. The van der Waals surface area contributed by atoms with Gasteiger partial charge in [0.15, 0.2) is 11.6 Å². The molecule has 2 aliphatic rings. The van der Waals surface area contributed by atoms with Gasteiger partial charge in [0, 0.05) is 7.05 Å². The number of halogens is 3. The van der Waals surface area contributed by atoms with Crippen LogP contribution in [0.5, 0.6) is 0 Å². The Hall–Kier alpha value is -1.15. The molecule has 0 radical (unpaired) electrons. The number of hydrogen-bond acceptors (Lipinski definition) is 2. The Morgan fingerprint density at radius 3 is 2.65 bits per heavy atom. The number of anilines is 2. The topological polar surface area (TPSA) is 38.1 Å². The Kier molecular flexibility index (Phi) is 3.46. The maximum atomic E-state index is 14.9. The molecule has 4 rings (SSSR count). The summed E-state index contributed by atoms with van der Waals surface area (Å²) < 4.78 is 17.3. The fourth-order valence-electron chi connectivity index (χ4n) is 3.90. The van der Waals surface area contributed by atoms with E-state index in [1.165, 1.54) is 4.90 Å². The molecule has 1 aromatic heterocycles. The number of nitrogens with zero attached hydrogens (tertiary/aromatic N) is 3. The smallest absolute Gasteiger partial charge is 0.243 e. The molecule has 0 atom stereocenters. The Balaban J connectivity index is 2.03. The van der Waals surface area contributed by atoms with E-state index < -0.39 is 11.2 Å². The molecule has 1 aromatic carbocycles. The minimum Gasteiger partial charge on any atom is -0.273 e. The van der Waals surface area contributed by atoms with Crippen LogP contribution in [0.1, 0.15) is 31.2 Å². The van der Waals surface area contributed by atoms with Crippen molar-refractivity contribution in [2.24, 2.45) is 7.05 Å². The molecule has 0 N–H and O–H groups in total. The number of fused-ring (bicyclic) bond motifs is 2. The van der Waals surface area contributed by atoms with Crippen LogP contribution in [0.15, 0.2) is 18.3 Å². The molecule has 1 fully saturated rings. The van der Waals surface area contributed by atoms with E-state index in [1.807, 2.05) is 6.07 Å². The van der Waals surface area contributed by atoms with Crippen molar-refractivity contribution in [3.8, 4) is 0 Å². The molecule has 4 nitrogen and oxygen atoms in total. The summed E-state index contributed by atoms with van der Waals surface area (Å²) in [6.45, 7) is 0. The highest BCUT2D eigenvalue weighted by atomic mass is 127. The van der Waals surface area contributed by atoms with E-state index in [2.05, 4.69) is 27.7 Å². The van der Waals surface area contributed by atoms with Gasteiger partial charge in [-0.25, -0.2) is 4.39 Å². The average molecular weight is 446 g/mol. The molecule has 1 spiro atoms. The van der Waals surface area contributed by atoms with Crippen molar-refractivity contribution in [2.75, 3.05) is 4.90 Å². The van der Waals surface area contributed by atoms with Gasteiger partial charge in [-0.3, -0.25) is 14.4 Å². The summed E-state index contributed by atoms with van der Waals surface area (Å²) in [5, 5.41) is 4.23. The van der Waals surface area contributed by atoms with Gasteiger partial charge in [0.25, 0.3) is 0 Å². The molecule has 0 saturated heterocycles. The number of aryl methyl sites for hydroxylation is 1. The van der Waals surface area contributed by atoms with Gasteiger partial charge in [-0.05, 0) is 47.1 Å². The fourth-order valence-corrected chi connectivity index (χ4v) is 4.76. The number of rotatable bonds is 1. The molecule has 23 heavy (non-hydrogen) atoms. The van der Waals surface area contributed by atoms with Gasteiger partial charge >= 0.3 is 0 Å². The number of benzene rings is 1. The van der Waals surface area contributed by atoms with Crippen LogP contribution in [-0.4, -0.2) is 15.7 Å². The van der Waals surface area contributed by atoms with Crippen molar-refractivity contribution in [1.82, 2.24) is 9.78 Å². The first kappa shape index (κ1) is 15.4.